The molecule has 1 aromatic carbocycles. The van der Waals surface area contributed by atoms with Gasteiger partial charge in [-0.05, 0) is 26.0 Å². The summed E-state index contributed by atoms with van der Waals surface area (Å²) in [7, 11) is 0. The smallest absolute Gasteiger partial charge is 0.151 e. The average Bonchev–Trinajstić information content (AvgIpc) is 2.96. The molecule has 1 atom stereocenters. The van der Waals surface area contributed by atoms with Crippen molar-refractivity contribution in [3.63, 3.8) is 0 Å². The van der Waals surface area contributed by atoms with Crippen LogP contribution < -0.4 is 0 Å². The third-order valence-corrected chi connectivity index (χ3v) is 4.22. The Hall–Kier alpha value is -1.46. The first-order valence-corrected chi connectivity index (χ1v) is 7.57. The molecule has 2 heterocycles. The third-order valence-electron chi connectivity index (χ3n) is 3.07. The van der Waals surface area contributed by atoms with Crippen LogP contribution in [0, 0.1) is 12.7 Å². The Labute approximate surface area is 125 Å². The number of thiazole rings is 1. The van der Waals surface area contributed by atoms with Gasteiger partial charge in [-0.2, -0.15) is 0 Å². The van der Waals surface area contributed by atoms with Crippen molar-refractivity contribution in [2.45, 2.75) is 25.8 Å². The highest BCUT2D eigenvalue weighted by Crippen LogP contribution is 2.27. The summed E-state index contributed by atoms with van der Waals surface area (Å²) >= 11 is 7.77. The minimum Gasteiger partial charge on any atom is -0.320 e. The van der Waals surface area contributed by atoms with E-state index in [-0.39, 0.29) is 11.2 Å². The van der Waals surface area contributed by atoms with Gasteiger partial charge in [0.2, 0.25) is 0 Å². The fourth-order valence-corrected chi connectivity index (χ4v) is 3.14. The molecule has 0 aliphatic rings. The normalized spacial score (nSPS) is 13.0. The molecular weight excluding hydrogens is 297 g/mol. The lowest BCUT2D eigenvalue weighted by Gasteiger charge is -2.08. The van der Waals surface area contributed by atoms with Crippen LogP contribution in [0.3, 0.4) is 0 Å². The first kappa shape index (κ1) is 13.5. The quantitative estimate of drug-likeness (QED) is 0.676. The zero-order chi connectivity index (χ0) is 14.3. The number of imidazole rings is 1. The Morgan fingerprint density at radius 2 is 2.20 bits per heavy atom. The summed E-state index contributed by atoms with van der Waals surface area (Å²) in [5, 5.41) is 2.67. The number of alkyl halides is 1. The van der Waals surface area contributed by atoms with Crippen molar-refractivity contribution in [1.29, 1.82) is 0 Å². The van der Waals surface area contributed by atoms with Crippen LogP contribution in [0.5, 0.6) is 0 Å². The van der Waals surface area contributed by atoms with Crippen LogP contribution in [0.4, 0.5) is 4.39 Å². The molecule has 0 N–H and O–H groups in total. The van der Waals surface area contributed by atoms with Gasteiger partial charge in [-0.15, -0.1) is 22.9 Å². The maximum absolute atomic E-state index is 13.9. The van der Waals surface area contributed by atoms with Crippen molar-refractivity contribution in [1.82, 2.24) is 14.5 Å². The molecule has 20 heavy (non-hydrogen) atoms. The molecule has 0 spiro atoms. The fourth-order valence-electron chi connectivity index (χ4n) is 2.21. The fraction of sp³-hybridized carbons (Fsp3) is 0.286. The van der Waals surface area contributed by atoms with E-state index in [0.717, 1.165) is 16.2 Å². The van der Waals surface area contributed by atoms with Gasteiger partial charge in [-0.1, -0.05) is 6.07 Å². The molecule has 104 valence electrons. The summed E-state index contributed by atoms with van der Waals surface area (Å²) in [5.74, 6) is 0.342. The highest BCUT2D eigenvalue weighted by atomic mass is 35.5. The van der Waals surface area contributed by atoms with Gasteiger partial charge in [0.05, 0.1) is 17.4 Å². The number of hydrogen-bond acceptors (Lipinski definition) is 3. The number of rotatable bonds is 3. The molecule has 3 aromatic rings. The Balaban J connectivity index is 2.16. The summed E-state index contributed by atoms with van der Waals surface area (Å²) in [6, 6.07) is 4.95. The molecule has 3 nitrogen and oxygen atoms in total. The highest BCUT2D eigenvalue weighted by Gasteiger charge is 2.18. The number of aromatic nitrogens is 3. The van der Waals surface area contributed by atoms with Crippen molar-refractivity contribution < 1.29 is 4.39 Å². The van der Waals surface area contributed by atoms with Crippen LogP contribution in [0.1, 0.15) is 28.8 Å². The maximum Gasteiger partial charge on any atom is 0.151 e. The number of halogens is 2. The summed E-state index contributed by atoms with van der Waals surface area (Å²) in [6.45, 7) is 4.35. The SMILES string of the molecule is Cc1csc(Cn2c(C(C)Cl)nc3c(F)cccc32)n1. The number of nitrogens with zero attached hydrogens (tertiary/aromatic N) is 3. The lowest BCUT2D eigenvalue weighted by atomic mass is 10.3. The number of hydrogen-bond donors (Lipinski definition) is 0. The first-order valence-electron chi connectivity index (χ1n) is 6.26. The lowest BCUT2D eigenvalue weighted by molar-refractivity contribution is 0.637. The zero-order valence-electron chi connectivity index (χ0n) is 11.1. The summed E-state index contributed by atoms with van der Waals surface area (Å²) in [6.07, 6.45) is 0. The molecule has 0 radical (unpaired) electrons. The van der Waals surface area contributed by atoms with Crippen LogP contribution in [0.15, 0.2) is 23.6 Å². The van der Waals surface area contributed by atoms with E-state index in [0.29, 0.717) is 17.9 Å². The molecule has 0 fully saturated rings. The van der Waals surface area contributed by atoms with E-state index in [1.165, 1.54) is 6.07 Å². The maximum atomic E-state index is 13.9. The van der Waals surface area contributed by atoms with E-state index >= 15 is 0 Å². The van der Waals surface area contributed by atoms with Gasteiger partial charge >= 0.3 is 0 Å². The highest BCUT2D eigenvalue weighted by molar-refractivity contribution is 7.09. The van der Waals surface area contributed by atoms with Gasteiger partial charge < -0.3 is 4.57 Å². The van der Waals surface area contributed by atoms with Crippen LogP contribution >= 0.6 is 22.9 Å². The molecule has 0 saturated carbocycles. The monoisotopic (exact) mass is 309 g/mol. The Morgan fingerprint density at radius 3 is 2.85 bits per heavy atom. The van der Waals surface area contributed by atoms with E-state index in [1.807, 2.05) is 29.9 Å². The van der Waals surface area contributed by atoms with Gasteiger partial charge in [0, 0.05) is 11.1 Å². The van der Waals surface area contributed by atoms with Crippen LogP contribution in [-0.4, -0.2) is 14.5 Å². The molecule has 0 saturated heterocycles. The van der Waals surface area contributed by atoms with Crippen molar-refractivity contribution in [2.24, 2.45) is 0 Å². The van der Waals surface area contributed by atoms with E-state index < -0.39 is 0 Å². The van der Waals surface area contributed by atoms with Gasteiger partial charge in [0.25, 0.3) is 0 Å². The van der Waals surface area contributed by atoms with E-state index in [4.69, 9.17) is 11.6 Å². The second-order valence-corrected chi connectivity index (χ2v) is 6.26. The molecule has 1 unspecified atom stereocenters. The second kappa shape index (κ2) is 5.14. The number of para-hydroxylation sites is 1. The topological polar surface area (TPSA) is 30.7 Å². The summed E-state index contributed by atoms with van der Waals surface area (Å²) in [5.41, 5.74) is 2.10. The zero-order valence-corrected chi connectivity index (χ0v) is 12.7. The molecule has 0 amide bonds. The summed E-state index contributed by atoms with van der Waals surface area (Å²) < 4.78 is 15.8. The molecule has 0 aliphatic heterocycles. The predicted molar refractivity (Wildman–Crippen MR) is 79.9 cm³/mol. The molecule has 0 aliphatic carbocycles. The van der Waals surface area contributed by atoms with Crippen molar-refractivity contribution in [3.8, 4) is 0 Å². The van der Waals surface area contributed by atoms with Gasteiger partial charge in [-0.25, -0.2) is 14.4 Å². The molecule has 0 bridgehead atoms. The molecule has 2 aromatic heterocycles. The Bertz CT molecular complexity index is 763. The number of aryl methyl sites for hydroxylation is 1. The molecular formula is C14H13ClFN3S. The van der Waals surface area contributed by atoms with Gasteiger partial charge in [-0.3, -0.25) is 0 Å². The van der Waals surface area contributed by atoms with E-state index in [2.05, 4.69) is 9.97 Å². The Morgan fingerprint density at radius 1 is 1.40 bits per heavy atom. The van der Waals surface area contributed by atoms with Gasteiger partial charge in [0.15, 0.2) is 5.82 Å². The van der Waals surface area contributed by atoms with E-state index in [9.17, 15) is 4.39 Å². The van der Waals surface area contributed by atoms with Crippen molar-refractivity contribution in [3.05, 3.63) is 45.9 Å². The lowest BCUT2D eigenvalue weighted by Crippen LogP contribution is -2.05. The second-order valence-electron chi connectivity index (χ2n) is 4.66. The standard InChI is InChI=1S/C14H13ClFN3S/c1-8-7-20-12(17-8)6-19-11-5-3-4-10(16)13(11)18-14(19)9(2)15/h3-5,7,9H,6H2,1-2H3. The third kappa shape index (κ3) is 2.31. The number of benzene rings is 1. The minimum absolute atomic E-state index is 0.289. The van der Waals surface area contributed by atoms with E-state index in [1.54, 1.807) is 17.4 Å². The minimum atomic E-state index is -0.324. The largest absolute Gasteiger partial charge is 0.320 e. The molecule has 3 rings (SSSR count). The predicted octanol–water partition coefficient (Wildman–Crippen LogP) is 4.29. The van der Waals surface area contributed by atoms with Crippen LogP contribution in [0.2, 0.25) is 0 Å². The average molecular weight is 310 g/mol. The van der Waals surface area contributed by atoms with Gasteiger partial charge in [0.1, 0.15) is 16.3 Å². The first-order chi connectivity index (χ1) is 9.56. The van der Waals surface area contributed by atoms with Crippen LogP contribution in [0.25, 0.3) is 11.0 Å². The van der Waals surface area contributed by atoms with Crippen LogP contribution in [-0.2, 0) is 6.54 Å². The van der Waals surface area contributed by atoms with Crippen molar-refractivity contribution >= 4 is 34.0 Å². The Kier molecular flexibility index (Phi) is 3.48. The summed E-state index contributed by atoms with van der Waals surface area (Å²) in [4.78, 5) is 8.80. The molecule has 6 heteroatoms. The van der Waals surface area contributed by atoms with Crippen molar-refractivity contribution in [2.75, 3.05) is 0 Å². The number of fused-ring (bicyclic) bond motifs is 1.